The highest BCUT2D eigenvalue weighted by Crippen LogP contribution is 2.21. The molecule has 30 heavy (non-hydrogen) atoms. The first-order valence-electron chi connectivity index (χ1n) is 10.4. The highest BCUT2D eigenvalue weighted by Gasteiger charge is 2.37. The fourth-order valence-electron chi connectivity index (χ4n) is 3.85. The van der Waals surface area contributed by atoms with Crippen LogP contribution in [0.3, 0.4) is 0 Å². The molecule has 0 radical (unpaired) electrons. The first kappa shape index (κ1) is 21.6. The SMILES string of the molecule is CCN(C(=O)OCc1ccccc1)[C@H](Cc1ccccc1)C(=O)N1CCC[C@H]1C=O. The summed E-state index contributed by atoms with van der Waals surface area (Å²) < 4.78 is 5.51. The molecule has 158 valence electrons. The third kappa shape index (κ3) is 5.26. The molecule has 0 unspecified atom stereocenters. The summed E-state index contributed by atoms with van der Waals surface area (Å²) in [6.45, 7) is 2.83. The van der Waals surface area contributed by atoms with Crippen molar-refractivity contribution in [3.8, 4) is 0 Å². The van der Waals surface area contributed by atoms with Crippen LogP contribution in [0.1, 0.15) is 30.9 Å². The summed E-state index contributed by atoms with van der Waals surface area (Å²) >= 11 is 0. The lowest BCUT2D eigenvalue weighted by atomic mass is 10.0. The van der Waals surface area contributed by atoms with Gasteiger partial charge in [0.2, 0.25) is 5.91 Å². The van der Waals surface area contributed by atoms with Gasteiger partial charge in [0, 0.05) is 19.5 Å². The molecule has 6 heteroatoms. The van der Waals surface area contributed by atoms with Gasteiger partial charge in [0.05, 0.1) is 6.04 Å². The van der Waals surface area contributed by atoms with Crippen LogP contribution in [-0.4, -0.2) is 53.3 Å². The van der Waals surface area contributed by atoms with Crippen LogP contribution in [0.2, 0.25) is 0 Å². The maximum absolute atomic E-state index is 13.4. The lowest BCUT2D eigenvalue weighted by Gasteiger charge is -2.33. The molecule has 2 atom stereocenters. The molecular formula is C24H28N2O4. The molecule has 1 aliphatic rings. The molecule has 3 rings (SSSR count). The van der Waals surface area contributed by atoms with Crippen LogP contribution in [-0.2, 0) is 27.4 Å². The smallest absolute Gasteiger partial charge is 0.410 e. The van der Waals surface area contributed by atoms with Crippen LogP contribution in [0, 0.1) is 0 Å². The minimum absolute atomic E-state index is 0.142. The second-order valence-electron chi connectivity index (χ2n) is 7.41. The quantitative estimate of drug-likeness (QED) is 0.628. The van der Waals surface area contributed by atoms with Crippen molar-refractivity contribution in [2.24, 2.45) is 0 Å². The Morgan fingerprint density at radius 1 is 1.10 bits per heavy atom. The van der Waals surface area contributed by atoms with E-state index in [1.165, 1.54) is 4.90 Å². The Bertz CT molecular complexity index is 841. The normalized spacial score (nSPS) is 16.7. The van der Waals surface area contributed by atoms with E-state index in [0.717, 1.165) is 23.8 Å². The number of hydrogen-bond acceptors (Lipinski definition) is 4. The Balaban J connectivity index is 1.79. The van der Waals surface area contributed by atoms with Gasteiger partial charge < -0.3 is 14.4 Å². The molecule has 1 fully saturated rings. The minimum atomic E-state index is -0.721. The number of carbonyl (C=O) groups is 3. The van der Waals surface area contributed by atoms with Gasteiger partial charge >= 0.3 is 6.09 Å². The third-order valence-electron chi connectivity index (χ3n) is 5.45. The number of benzene rings is 2. The number of likely N-dealkylation sites (N-methyl/N-ethyl adjacent to an activating group) is 1. The van der Waals surface area contributed by atoms with Crippen LogP contribution in [0.5, 0.6) is 0 Å². The van der Waals surface area contributed by atoms with Gasteiger partial charge in [0.25, 0.3) is 0 Å². The van der Waals surface area contributed by atoms with Crippen molar-refractivity contribution >= 4 is 18.3 Å². The predicted molar refractivity (Wildman–Crippen MR) is 114 cm³/mol. The van der Waals surface area contributed by atoms with Crippen molar-refractivity contribution < 1.29 is 19.1 Å². The lowest BCUT2D eigenvalue weighted by Crippen LogP contribution is -2.53. The number of hydrogen-bond donors (Lipinski definition) is 0. The second kappa shape index (κ2) is 10.6. The van der Waals surface area contributed by atoms with Crippen molar-refractivity contribution in [3.05, 3.63) is 71.8 Å². The monoisotopic (exact) mass is 408 g/mol. The van der Waals surface area contributed by atoms with E-state index in [0.29, 0.717) is 25.9 Å². The molecule has 2 amide bonds. The van der Waals surface area contributed by atoms with Crippen LogP contribution in [0.15, 0.2) is 60.7 Å². The average Bonchev–Trinajstić information content (AvgIpc) is 3.27. The molecule has 1 heterocycles. The summed E-state index contributed by atoms with van der Waals surface area (Å²) in [6, 6.07) is 17.9. The van der Waals surface area contributed by atoms with Gasteiger partial charge in [-0.05, 0) is 30.9 Å². The van der Waals surface area contributed by atoms with Crippen molar-refractivity contribution in [1.29, 1.82) is 0 Å². The number of aldehydes is 1. The molecule has 1 aliphatic heterocycles. The van der Waals surface area contributed by atoms with E-state index < -0.39 is 18.2 Å². The molecule has 2 aromatic rings. The Morgan fingerprint density at radius 3 is 2.33 bits per heavy atom. The van der Waals surface area contributed by atoms with Crippen molar-refractivity contribution in [2.75, 3.05) is 13.1 Å². The van der Waals surface area contributed by atoms with Gasteiger partial charge in [-0.25, -0.2) is 4.79 Å². The molecule has 0 bridgehead atoms. The Kier molecular flexibility index (Phi) is 7.60. The fourth-order valence-corrected chi connectivity index (χ4v) is 3.85. The van der Waals surface area contributed by atoms with Crippen molar-refractivity contribution in [3.63, 3.8) is 0 Å². The molecule has 0 aromatic heterocycles. The second-order valence-corrected chi connectivity index (χ2v) is 7.41. The number of likely N-dealkylation sites (tertiary alicyclic amines) is 1. The van der Waals surface area contributed by atoms with E-state index >= 15 is 0 Å². The molecule has 6 nitrogen and oxygen atoms in total. The molecule has 2 aromatic carbocycles. The van der Waals surface area contributed by atoms with E-state index in [4.69, 9.17) is 4.74 Å². The van der Waals surface area contributed by atoms with Crippen LogP contribution in [0.25, 0.3) is 0 Å². The van der Waals surface area contributed by atoms with E-state index in [9.17, 15) is 14.4 Å². The van der Waals surface area contributed by atoms with Gasteiger partial charge in [0.1, 0.15) is 18.9 Å². The predicted octanol–water partition coefficient (Wildman–Crippen LogP) is 3.45. The summed E-state index contributed by atoms with van der Waals surface area (Å²) in [6.07, 6.45) is 2.12. The summed E-state index contributed by atoms with van der Waals surface area (Å²) in [5.74, 6) is -0.202. The van der Waals surface area contributed by atoms with Gasteiger partial charge in [-0.2, -0.15) is 0 Å². The van der Waals surface area contributed by atoms with Gasteiger partial charge in [-0.15, -0.1) is 0 Å². The molecular weight excluding hydrogens is 380 g/mol. The third-order valence-corrected chi connectivity index (χ3v) is 5.45. The van der Waals surface area contributed by atoms with Gasteiger partial charge in [-0.3, -0.25) is 9.69 Å². The molecule has 0 spiro atoms. The van der Waals surface area contributed by atoms with Crippen LogP contribution in [0.4, 0.5) is 4.79 Å². The standard InChI is InChI=1S/C24H28N2O4/c1-2-25(24(29)30-18-20-12-7-4-8-13-20)22(16-19-10-5-3-6-11-19)23(28)26-15-9-14-21(26)17-27/h3-8,10-13,17,21-22H,2,9,14-16,18H2,1H3/t21-,22+/m0/s1. The van der Waals surface area contributed by atoms with E-state index in [1.54, 1.807) is 4.90 Å². The zero-order chi connectivity index (χ0) is 21.3. The number of carbonyl (C=O) groups excluding carboxylic acids is 3. The van der Waals surface area contributed by atoms with E-state index in [-0.39, 0.29) is 12.5 Å². The minimum Gasteiger partial charge on any atom is -0.445 e. The topological polar surface area (TPSA) is 66.9 Å². The highest BCUT2D eigenvalue weighted by atomic mass is 16.6. The molecule has 1 saturated heterocycles. The number of nitrogens with zero attached hydrogens (tertiary/aromatic N) is 2. The first-order chi connectivity index (χ1) is 14.6. The van der Waals surface area contributed by atoms with E-state index in [1.807, 2.05) is 67.6 Å². The van der Waals surface area contributed by atoms with Crippen molar-refractivity contribution in [1.82, 2.24) is 9.80 Å². The van der Waals surface area contributed by atoms with Crippen molar-refractivity contribution in [2.45, 2.75) is 44.9 Å². The van der Waals surface area contributed by atoms with Crippen LogP contribution >= 0.6 is 0 Å². The van der Waals surface area contributed by atoms with Gasteiger partial charge in [-0.1, -0.05) is 60.7 Å². The summed E-state index contributed by atoms with van der Waals surface area (Å²) in [5, 5.41) is 0. The summed E-state index contributed by atoms with van der Waals surface area (Å²) in [7, 11) is 0. The lowest BCUT2D eigenvalue weighted by molar-refractivity contribution is -0.139. The van der Waals surface area contributed by atoms with Crippen LogP contribution < -0.4 is 0 Å². The molecule has 0 N–H and O–H groups in total. The number of rotatable bonds is 8. The molecule has 0 saturated carbocycles. The largest absolute Gasteiger partial charge is 0.445 e. The Morgan fingerprint density at radius 2 is 1.73 bits per heavy atom. The number of amides is 2. The highest BCUT2D eigenvalue weighted by molar-refractivity contribution is 5.88. The average molecular weight is 408 g/mol. The Labute approximate surface area is 177 Å². The maximum atomic E-state index is 13.4. The van der Waals surface area contributed by atoms with Gasteiger partial charge in [0.15, 0.2) is 0 Å². The first-order valence-corrected chi connectivity index (χ1v) is 10.4. The van der Waals surface area contributed by atoms with E-state index in [2.05, 4.69) is 0 Å². The fraction of sp³-hybridized carbons (Fsp3) is 0.375. The molecule has 0 aliphatic carbocycles. The number of ether oxygens (including phenoxy) is 1. The zero-order valence-corrected chi connectivity index (χ0v) is 17.3. The zero-order valence-electron chi connectivity index (χ0n) is 17.3. The Hall–Kier alpha value is -3.15. The summed E-state index contributed by atoms with van der Waals surface area (Å²) in [4.78, 5) is 40.8. The summed E-state index contributed by atoms with van der Waals surface area (Å²) in [5.41, 5.74) is 1.83. The maximum Gasteiger partial charge on any atom is 0.410 e.